The number of hydrogen-bond acceptors (Lipinski definition) is 14. The van der Waals surface area contributed by atoms with Crippen molar-refractivity contribution in [3.8, 4) is 5.75 Å². The van der Waals surface area contributed by atoms with E-state index >= 15 is 0 Å². The van der Waals surface area contributed by atoms with Gasteiger partial charge in [-0.2, -0.15) is 0 Å². The minimum Gasteiger partial charge on any atom is -0.494 e. The van der Waals surface area contributed by atoms with E-state index in [0.717, 1.165) is 38.5 Å². The molecule has 0 bridgehead atoms. The third-order valence-corrected chi connectivity index (χ3v) is 11.9. The van der Waals surface area contributed by atoms with Crippen molar-refractivity contribution in [3.05, 3.63) is 29.8 Å². The summed E-state index contributed by atoms with van der Waals surface area (Å²) in [6.45, 7) is 5.06. The lowest BCUT2D eigenvalue weighted by atomic mass is 10.1. The smallest absolute Gasteiger partial charge is 0.335 e. The second-order valence-electron chi connectivity index (χ2n) is 15.5. The first-order valence-corrected chi connectivity index (χ1v) is 25.9. The van der Waals surface area contributed by atoms with E-state index in [9.17, 15) is 47.1 Å². The summed E-state index contributed by atoms with van der Waals surface area (Å²) in [5, 5.41) is 23.4. The maximum Gasteiger partial charge on any atom is 0.335 e. The number of sulfone groups is 1. The predicted octanol–water partition coefficient (Wildman–Crippen LogP) is 5.69. The van der Waals surface area contributed by atoms with Crippen LogP contribution in [0.1, 0.15) is 133 Å². The number of carbonyl (C=O) groups excluding carboxylic acids is 5. The second-order valence-corrected chi connectivity index (χ2v) is 18.2. The van der Waals surface area contributed by atoms with Crippen LogP contribution in [-0.4, -0.2) is 149 Å². The Bertz CT molecular complexity index is 1630. The van der Waals surface area contributed by atoms with E-state index < -0.39 is 39.5 Å². The first kappa shape index (κ1) is 62.2. The molecule has 0 unspecified atom stereocenters. The fraction of sp³-hybridized carbons (Fsp3) is 0.717. The number of amides is 2. The summed E-state index contributed by atoms with van der Waals surface area (Å²) in [5.74, 6) is -2.65. The van der Waals surface area contributed by atoms with Crippen LogP contribution in [0.3, 0.4) is 0 Å². The minimum atomic E-state index is -3.48. The molecule has 0 heterocycles. The number of carbonyl (C=O) groups is 7. The van der Waals surface area contributed by atoms with Crippen molar-refractivity contribution in [2.75, 3.05) is 83.3 Å². The van der Waals surface area contributed by atoms with Crippen LogP contribution in [0.15, 0.2) is 24.3 Å². The molecule has 0 saturated heterocycles. The van der Waals surface area contributed by atoms with Gasteiger partial charge < -0.3 is 44.5 Å². The molecule has 0 aliphatic heterocycles. The number of ether oxygens (including phenoxy) is 5. The largest absolute Gasteiger partial charge is 0.494 e. The van der Waals surface area contributed by atoms with Crippen LogP contribution in [0.4, 0.5) is 0 Å². The average molecular weight is 1020 g/mol. The van der Waals surface area contributed by atoms with E-state index in [1.807, 2.05) is 6.92 Å². The molecule has 0 spiro atoms. The van der Waals surface area contributed by atoms with Gasteiger partial charge in [-0.15, -0.1) is 0 Å². The lowest BCUT2D eigenvalue weighted by Gasteiger charge is -2.14. The number of rotatable bonds is 43. The molecular formula is C46H75BrN2O16S. The summed E-state index contributed by atoms with van der Waals surface area (Å²) in [7, 11) is -1.88. The van der Waals surface area contributed by atoms with Crippen LogP contribution in [-0.2, 0) is 57.6 Å². The molecule has 0 aliphatic rings. The third kappa shape index (κ3) is 38.3. The zero-order valence-corrected chi connectivity index (χ0v) is 41.4. The maximum absolute atomic E-state index is 12.2. The molecule has 4 N–H and O–H groups in total. The summed E-state index contributed by atoms with van der Waals surface area (Å²) >= 11 is 3.03. The highest BCUT2D eigenvalue weighted by Gasteiger charge is 2.20. The van der Waals surface area contributed by atoms with Crippen LogP contribution in [0, 0.1) is 0 Å². The van der Waals surface area contributed by atoms with Crippen LogP contribution < -0.4 is 15.4 Å². The molecule has 0 aromatic heterocycles. The molecule has 2 amide bonds. The van der Waals surface area contributed by atoms with Crippen LogP contribution in [0.2, 0.25) is 0 Å². The fourth-order valence-electron chi connectivity index (χ4n) is 5.99. The van der Waals surface area contributed by atoms with Gasteiger partial charge in [0.2, 0.25) is 11.8 Å². The van der Waals surface area contributed by atoms with Crippen molar-refractivity contribution in [1.82, 2.24) is 10.6 Å². The Labute approximate surface area is 399 Å². The molecule has 0 fully saturated rings. The Morgan fingerprint density at radius 1 is 0.636 bits per heavy atom. The molecule has 1 atom stereocenters. The monoisotopic (exact) mass is 1020 g/mol. The third-order valence-electron chi connectivity index (χ3n) is 9.68. The molecule has 0 saturated carbocycles. The average Bonchev–Trinajstić information content (AvgIpc) is 3.28. The highest BCUT2D eigenvalue weighted by molar-refractivity contribution is 9.09. The van der Waals surface area contributed by atoms with Crippen LogP contribution in [0.25, 0.3) is 0 Å². The van der Waals surface area contributed by atoms with Crippen LogP contribution >= 0.6 is 15.9 Å². The standard InChI is InChI=1S/C28H44O9S.C18H31BrN2O7/c1-35-20-21-36-18-9-12-25(29)13-10-22-38(33,34)23-26(30)11-7-5-3-2-4-6-8-19-37-27-16-14-24(15-17-27)28(31)32;1-2-14(22)6-5-9-27-10-11-28-13-17(24)21-15(18(25)26)7-3-4-8-20-16(23)12-19/h14-17H,2-13,18-23H2,1H3,(H,31,32);15H,2-13H2,1H3,(H,20,23)(H,21,24)(H,25,26)/t;15-/m.1/s1. The number of Topliss-reactive ketones (excluding diaryl/α,β-unsaturated/α-hetero) is 3. The van der Waals surface area contributed by atoms with Gasteiger partial charge in [0.05, 0.1) is 49.7 Å². The summed E-state index contributed by atoms with van der Waals surface area (Å²) in [4.78, 5) is 79.9. The first-order chi connectivity index (χ1) is 31.6. The van der Waals surface area contributed by atoms with Gasteiger partial charge in [-0.05, 0) is 75.6 Å². The molecular weight excluding hydrogens is 948 g/mol. The molecule has 20 heteroatoms. The van der Waals surface area contributed by atoms with Gasteiger partial charge in [-0.25, -0.2) is 18.0 Å². The number of carboxylic acids is 2. The Kier molecular flexibility index (Phi) is 39.0. The van der Waals surface area contributed by atoms with Gasteiger partial charge in [0.1, 0.15) is 41.5 Å². The Balaban J connectivity index is 0.00000134. The summed E-state index contributed by atoms with van der Waals surface area (Å²) in [6, 6.07) is 5.36. The number of hydrogen-bond donors (Lipinski definition) is 4. The molecule has 0 radical (unpaired) electrons. The molecule has 0 aliphatic carbocycles. The zero-order chi connectivity index (χ0) is 49.3. The van der Waals surface area contributed by atoms with Crippen molar-refractivity contribution in [3.63, 3.8) is 0 Å². The van der Waals surface area contributed by atoms with E-state index in [4.69, 9.17) is 28.8 Å². The Hall–Kier alpha value is -3.82. The van der Waals surface area contributed by atoms with Gasteiger partial charge in [0.15, 0.2) is 9.84 Å². The second kappa shape index (κ2) is 41.4. The molecule has 1 aromatic carbocycles. The number of benzene rings is 1. The van der Waals surface area contributed by atoms with Crippen molar-refractivity contribution in [2.24, 2.45) is 0 Å². The minimum absolute atomic E-state index is 0.0154. The van der Waals surface area contributed by atoms with Crippen LogP contribution in [0.5, 0.6) is 5.75 Å². The van der Waals surface area contributed by atoms with E-state index in [1.165, 1.54) is 12.1 Å². The van der Waals surface area contributed by atoms with E-state index in [0.29, 0.717) is 103 Å². The number of aliphatic carboxylic acids is 1. The van der Waals surface area contributed by atoms with E-state index in [1.54, 1.807) is 19.2 Å². The number of halogens is 1. The normalized spacial score (nSPS) is 11.5. The van der Waals surface area contributed by atoms with E-state index in [-0.39, 0.29) is 78.8 Å². The van der Waals surface area contributed by atoms with E-state index in [2.05, 4.69) is 26.6 Å². The zero-order valence-electron chi connectivity index (χ0n) is 39.0. The lowest BCUT2D eigenvalue weighted by Crippen LogP contribution is -2.42. The highest BCUT2D eigenvalue weighted by Crippen LogP contribution is 2.14. The number of carboxylic acid groups (broad SMARTS) is 2. The van der Waals surface area contributed by atoms with Gasteiger partial charge in [-0.3, -0.25) is 24.0 Å². The quantitative estimate of drug-likeness (QED) is 0.0452. The van der Waals surface area contributed by atoms with Crippen molar-refractivity contribution in [2.45, 2.75) is 129 Å². The topological polar surface area (TPSA) is 264 Å². The van der Waals surface area contributed by atoms with Gasteiger partial charge in [0, 0.05) is 59.0 Å². The number of aromatic carboxylic acids is 1. The van der Waals surface area contributed by atoms with Gasteiger partial charge in [0.25, 0.3) is 0 Å². The summed E-state index contributed by atoms with van der Waals surface area (Å²) < 4.78 is 50.6. The number of alkyl halides is 1. The van der Waals surface area contributed by atoms with Crippen molar-refractivity contribution < 1.29 is 75.9 Å². The summed E-state index contributed by atoms with van der Waals surface area (Å²) in [5.41, 5.74) is 0.233. The molecule has 66 heavy (non-hydrogen) atoms. The summed E-state index contributed by atoms with van der Waals surface area (Å²) in [6.07, 6.45) is 11.4. The van der Waals surface area contributed by atoms with Crippen molar-refractivity contribution in [1.29, 1.82) is 0 Å². The van der Waals surface area contributed by atoms with Crippen molar-refractivity contribution >= 4 is 66.9 Å². The van der Waals surface area contributed by atoms with Gasteiger partial charge in [-0.1, -0.05) is 55.0 Å². The Morgan fingerprint density at radius 2 is 1.21 bits per heavy atom. The maximum atomic E-state index is 12.2. The SMILES string of the molecule is CCC(=O)CCCOCCOCC(=O)N[C@H](CCCCNC(=O)CBr)C(=O)O.COCCOCCCC(=O)CCCS(=O)(=O)CC(=O)CCCCCCCCCOc1ccc(C(=O)O)cc1. The number of unbranched alkanes of at least 4 members (excludes halogenated alkanes) is 7. The number of nitrogens with one attached hydrogen (secondary N) is 2. The fourth-order valence-corrected chi connectivity index (χ4v) is 7.55. The lowest BCUT2D eigenvalue weighted by molar-refractivity contribution is -0.142. The molecule has 1 rings (SSSR count). The highest BCUT2D eigenvalue weighted by atomic mass is 79.9. The molecule has 378 valence electrons. The molecule has 1 aromatic rings. The number of ketones is 3. The van der Waals surface area contributed by atoms with Gasteiger partial charge >= 0.3 is 11.9 Å². The predicted molar refractivity (Wildman–Crippen MR) is 252 cm³/mol. The number of methoxy groups -OCH3 is 1. The first-order valence-electron chi connectivity index (χ1n) is 22.9. The molecule has 18 nitrogen and oxygen atoms in total. The Morgan fingerprint density at radius 3 is 1.82 bits per heavy atom.